The van der Waals surface area contributed by atoms with Gasteiger partial charge in [-0.3, -0.25) is 4.57 Å². The van der Waals surface area contributed by atoms with Crippen LogP contribution in [0.25, 0.3) is 5.69 Å². The largest absolute Gasteiger partial charge is 0.478 e. The Balaban J connectivity index is 2.56. The molecule has 0 spiro atoms. The Hall–Kier alpha value is -1.69. The van der Waals surface area contributed by atoms with Crippen molar-refractivity contribution in [2.24, 2.45) is 0 Å². The molecule has 0 saturated carbocycles. The molecule has 0 fully saturated rings. The minimum Gasteiger partial charge on any atom is -0.478 e. The first kappa shape index (κ1) is 11.8. The lowest BCUT2D eigenvalue weighted by Crippen LogP contribution is -2.02. The van der Waals surface area contributed by atoms with Gasteiger partial charge < -0.3 is 5.11 Å². The lowest BCUT2D eigenvalue weighted by molar-refractivity contribution is 0.0697. The van der Waals surface area contributed by atoms with Crippen LogP contribution in [0.3, 0.4) is 0 Å². The molecule has 0 aliphatic carbocycles. The van der Waals surface area contributed by atoms with E-state index in [9.17, 15) is 4.79 Å². The van der Waals surface area contributed by atoms with Crippen molar-refractivity contribution in [3.05, 3.63) is 40.4 Å². The average molecular weight is 296 g/mol. The van der Waals surface area contributed by atoms with Crippen molar-refractivity contribution in [3.8, 4) is 5.69 Å². The Morgan fingerprint density at radius 2 is 2.24 bits per heavy atom. The van der Waals surface area contributed by atoms with E-state index >= 15 is 0 Å². The summed E-state index contributed by atoms with van der Waals surface area (Å²) in [6, 6.07) is 4.98. The second-order valence-electron chi connectivity index (χ2n) is 3.47. The summed E-state index contributed by atoms with van der Waals surface area (Å²) >= 11 is 3.30. The number of aromatic carboxylic acids is 1. The van der Waals surface area contributed by atoms with E-state index in [-0.39, 0.29) is 5.56 Å². The van der Waals surface area contributed by atoms with Crippen molar-refractivity contribution in [1.29, 1.82) is 0 Å². The van der Waals surface area contributed by atoms with Gasteiger partial charge in [-0.25, -0.2) is 4.79 Å². The van der Waals surface area contributed by atoms with Crippen LogP contribution in [-0.2, 0) is 6.42 Å². The summed E-state index contributed by atoms with van der Waals surface area (Å²) in [5.74, 6) is -0.168. The number of benzene rings is 1. The van der Waals surface area contributed by atoms with Crippen LogP contribution in [0.4, 0.5) is 0 Å². The van der Waals surface area contributed by atoms with E-state index in [0.717, 1.165) is 17.9 Å². The second kappa shape index (κ2) is 4.67. The maximum Gasteiger partial charge on any atom is 0.335 e. The maximum atomic E-state index is 11.0. The SMILES string of the molecule is CCc1nncn1-c1cc(Br)cc(C(=O)O)c1. The van der Waals surface area contributed by atoms with Crippen molar-refractivity contribution < 1.29 is 9.90 Å². The van der Waals surface area contributed by atoms with Crippen LogP contribution in [0.5, 0.6) is 0 Å². The molecule has 0 unspecified atom stereocenters. The van der Waals surface area contributed by atoms with Crippen LogP contribution in [0, 0.1) is 0 Å². The number of nitrogens with zero attached hydrogens (tertiary/aromatic N) is 3. The number of rotatable bonds is 3. The van der Waals surface area contributed by atoms with E-state index in [2.05, 4.69) is 26.1 Å². The minimum absolute atomic E-state index is 0.227. The van der Waals surface area contributed by atoms with Crippen LogP contribution in [0.15, 0.2) is 29.0 Å². The first-order valence-electron chi connectivity index (χ1n) is 5.05. The van der Waals surface area contributed by atoms with E-state index in [1.807, 2.05) is 13.0 Å². The number of aryl methyl sites for hydroxylation is 1. The average Bonchev–Trinajstić information content (AvgIpc) is 2.76. The summed E-state index contributed by atoms with van der Waals surface area (Å²) in [6.07, 6.45) is 2.31. The molecule has 17 heavy (non-hydrogen) atoms. The molecular weight excluding hydrogens is 286 g/mol. The summed E-state index contributed by atoms with van der Waals surface area (Å²) in [6.45, 7) is 1.97. The van der Waals surface area contributed by atoms with Gasteiger partial charge in [0.25, 0.3) is 0 Å². The molecule has 2 aromatic rings. The van der Waals surface area contributed by atoms with Crippen molar-refractivity contribution in [2.75, 3.05) is 0 Å². The first-order valence-corrected chi connectivity index (χ1v) is 5.84. The van der Waals surface area contributed by atoms with Gasteiger partial charge in [-0.05, 0) is 18.2 Å². The molecule has 1 aromatic carbocycles. The van der Waals surface area contributed by atoms with Gasteiger partial charge in [-0.15, -0.1) is 10.2 Å². The fraction of sp³-hybridized carbons (Fsp3) is 0.182. The Morgan fingerprint density at radius 1 is 1.47 bits per heavy atom. The minimum atomic E-state index is -0.960. The number of hydrogen-bond donors (Lipinski definition) is 1. The normalized spacial score (nSPS) is 10.5. The maximum absolute atomic E-state index is 11.0. The summed E-state index contributed by atoms with van der Waals surface area (Å²) in [7, 11) is 0. The van der Waals surface area contributed by atoms with E-state index in [0.29, 0.717) is 4.47 Å². The molecule has 0 radical (unpaired) electrons. The zero-order chi connectivity index (χ0) is 12.4. The zero-order valence-electron chi connectivity index (χ0n) is 9.09. The van der Waals surface area contributed by atoms with Gasteiger partial charge in [0, 0.05) is 10.9 Å². The van der Waals surface area contributed by atoms with Gasteiger partial charge in [-0.1, -0.05) is 22.9 Å². The highest BCUT2D eigenvalue weighted by Gasteiger charge is 2.09. The number of carbonyl (C=O) groups is 1. The molecule has 5 nitrogen and oxygen atoms in total. The molecule has 1 N–H and O–H groups in total. The summed E-state index contributed by atoms with van der Waals surface area (Å²) < 4.78 is 2.49. The fourth-order valence-corrected chi connectivity index (χ4v) is 2.03. The molecular formula is C11H10BrN3O2. The van der Waals surface area contributed by atoms with Crippen LogP contribution >= 0.6 is 15.9 Å². The number of hydrogen-bond acceptors (Lipinski definition) is 3. The predicted molar refractivity (Wildman–Crippen MR) is 65.4 cm³/mol. The monoisotopic (exact) mass is 295 g/mol. The standard InChI is InChI=1S/C11H10BrN3O2/c1-2-10-14-13-6-15(10)9-4-7(11(16)17)3-8(12)5-9/h3-6H,2H2,1H3,(H,16,17). The summed E-state index contributed by atoms with van der Waals surface area (Å²) in [5.41, 5.74) is 0.962. The molecule has 2 rings (SSSR count). The zero-order valence-corrected chi connectivity index (χ0v) is 10.7. The predicted octanol–water partition coefficient (Wildman–Crippen LogP) is 2.29. The third-order valence-electron chi connectivity index (χ3n) is 2.34. The van der Waals surface area contributed by atoms with Crippen molar-refractivity contribution in [1.82, 2.24) is 14.8 Å². The molecule has 0 aliphatic heterocycles. The van der Waals surface area contributed by atoms with E-state index < -0.39 is 5.97 Å². The van der Waals surface area contributed by atoms with Gasteiger partial charge in [0.1, 0.15) is 12.2 Å². The van der Waals surface area contributed by atoms with Gasteiger partial charge in [0.15, 0.2) is 0 Å². The molecule has 0 aliphatic rings. The molecule has 0 atom stereocenters. The fourth-order valence-electron chi connectivity index (χ4n) is 1.55. The Bertz CT molecular complexity index is 566. The van der Waals surface area contributed by atoms with Gasteiger partial charge >= 0.3 is 5.97 Å². The molecule has 0 bridgehead atoms. The Labute approximate surface area is 106 Å². The smallest absolute Gasteiger partial charge is 0.335 e. The van der Waals surface area contributed by atoms with E-state index in [4.69, 9.17) is 5.11 Å². The lowest BCUT2D eigenvalue weighted by Gasteiger charge is -2.07. The van der Waals surface area contributed by atoms with Gasteiger partial charge in [-0.2, -0.15) is 0 Å². The second-order valence-corrected chi connectivity index (χ2v) is 4.39. The quantitative estimate of drug-likeness (QED) is 0.943. The number of halogens is 1. The van der Waals surface area contributed by atoms with Crippen molar-refractivity contribution >= 4 is 21.9 Å². The third-order valence-corrected chi connectivity index (χ3v) is 2.80. The third kappa shape index (κ3) is 2.36. The van der Waals surface area contributed by atoms with Crippen LogP contribution in [0.1, 0.15) is 23.1 Å². The van der Waals surface area contributed by atoms with Crippen molar-refractivity contribution in [2.45, 2.75) is 13.3 Å². The lowest BCUT2D eigenvalue weighted by atomic mass is 10.2. The Morgan fingerprint density at radius 3 is 2.88 bits per heavy atom. The molecule has 6 heteroatoms. The van der Waals surface area contributed by atoms with Crippen LogP contribution < -0.4 is 0 Å². The Kier molecular flexibility index (Phi) is 3.23. The number of carboxylic acid groups (broad SMARTS) is 1. The van der Waals surface area contributed by atoms with E-state index in [1.54, 1.807) is 23.0 Å². The molecule has 1 heterocycles. The molecule has 0 amide bonds. The van der Waals surface area contributed by atoms with Crippen LogP contribution in [0.2, 0.25) is 0 Å². The molecule has 0 saturated heterocycles. The summed E-state index contributed by atoms with van der Waals surface area (Å²) in [5, 5.41) is 16.8. The number of carboxylic acids is 1. The van der Waals surface area contributed by atoms with Gasteiger partial charge in [0.2, 0.25) is 0 Å². The topological polar surface area (TPSA) is 68.0 Å². The highest BCUT2D eigenvalue weighted by molar-refractivity contribution is 9.10. The highest BCUT2D eigenvalue weighted by atomic mass is 79.9. The molecule has 88 valence electrons. The number of aromatic nitrogens is 3. The van der Waals surface area contributed by atoms with E-state index in [1.165, 1.54) is 0 Å². The highest BCUT2D eigenvalue weighted by Crippen LogP contribution is 2.20. The van der Waals surface area contributed by atoms with Gasteiger partial charge in [0.05, 0.1) is 11.3 Å². The molecule has 1 aromatic heterocycles. The van der Waals surface area contributed by atoms with Crippen molar-refractivity contribution in [3.63, 3.8) is 0 Å². The first-order chi connectivity index (χ1) is 8.11. The van der Waals surface area contributed by atoms with Crippen LogP contribution in [-0.4, -0.2) is 25.8 Å². The summed E-state index contributed by atoms with van der Waals surface area (Å²) in [4.78, 5) is 11.0.